The highest BCUT2D eigenvalue weighted by atomic mass is 32.2. The molecule has 1 atom stereocenters. The first-order chi connectivity index (χ1) is 7.15. The average molecular weight is 225 g/mol. The first-order valence-electron chi connectivity index (χ1n) is 5.03. The van der Waals surface area contributed by atoms with Gasteiger partial charge < -0.3 is 5.73 Å². The van der Waals surface area contributed by atoms with Crippen LogP contribution in [0.4, 0.5) is 5.69 Å². The normalized spacial score (nSPS) is 13.1. The Bertz CT molecular complexity index is 304. The smallest absolute Gasteiger partial charge is 0.0772 e. The SMILES string of the molecule is CSCC(C)N(C)Cc1ncccc1N. The van der Waals surface area contributed by atoms with E-state index in [-0.39, 0.29) is 0 Å². The van der Waals surface area contributed by atoms with E-state index in [0.29, 0.717) is 6.04 Å². The Kier molecular flexibility index (Phi) is 4.91. The lowest BCUT2D eigenvalue weighted by Gasteiger charge is -2.23. The van der Waals surface area contributed by atoms with Crippen LogP contribution in [0.5, 0.6) is 0 Å². The molecule has 15 heavy (non-hydrogen) atoms. The second kappa shape index (κ2) is 5.98. The number of nitrogens with two attached hydrogens (primary N) is 1. The van der Waals surface area contributed by atoms with Gasteiger partial charge in [-0.25, -0.2) is 0 Å². The average Bonchev–Trinajstić information content (AvgIpc) is 2.21. The van der Waals surface area contributed by atoms with Crippen LogP contribution in [0.3, 0.4) is 0 Å². The van der Waals surface area contributed by atoms with Crippen LogP contribution < -0.4 is 5.73 Å². The van der Waals surface area contributed by atoms with Crippen molar-refractivity contribution in [2.75, 3.05) is 24.8 Å². The highest BCUT2D eigenvalue weighted by Crippen LogP contribution is 2.12. The van der Waals surface area contributed by atoms with E-state index in [0.717, 1.165) is 23.7 Å². The summed E-state index contributed by atoms with van der Waals surface area (Å²) in [5.41, 5.74) is 7.59. The van der Waals surface area contributed by atoms with Crippen LogP contribution in [0.25, 0.3) is 0 Å². The Morgan fingerprint density at radius 2 is 2.33 bits per heavy atom. The van der Waals surface area contributed by atoms with Gasteiger partial charge in [0.05, 0.1) is 11.4 Å². The molecule has 0 spiro atoms. The number of thioether (sulfide) groups is 1. The number of anilines is 1. The molecular weight excluding hydrogens is 206 g/mol. The summed E-state index contributed by atoms with van der Waals surface area (Å²) in [7, 11) is 2.11. The van der Waals surface area contributed by atoms with Crippen LogP contribution in [0.1, 0.15) is 12.6 Å². The Hall–Kier alpha value is -0.740. The number of hydrogen-bond acceptors (Lipinski definition) is 4. The van der Waals surface area contributed by atoms with Gasteiger partial charge in [-0.15, -0.1) is 0 Å². The van der Waals surface area contributed by atoms with Crippen LogP contribution in [-0.4, -0.2) is 35.0 Å². The van der Waals surface area contributed by atoms with Gasteiger partial charge in [0, 0.05) is 24.5 Å². The highest BCUT2D eigenvalue weighted by Gasteiger charge is 2.10. The van der Waals surface area contributed by atoms with E-state index in [9.17, 15) is 0 Å². The van der Waals surface area contributed by atoms with Crippen LogP contribution >= 0.6 is 11.8 Å². The molecule has 0 aromatic carbocycles. The zero-order chi connectivity index (χ0) is 11.3. The fraction of sp³-hybridized carbons (Fsp3) is 0.545. The van der Waals surface area contributed by atoms with Gasteiger partial charge in [-0.1, -0.05) is 0 Å². The maximum Gasteiger partial charge on any atom is 0.0772 e. The molecule has 0 saturated carbocycles. The molecule has 0 saturated heterocycles. The minimum Gasteiger partial charge on any atom is -0.397 e. The standard InChI is InChI=1S/C11H19N3S/c1-9(8-15-3)14(2)7-11-10(12)5-4-6-13-11/h4-6,9H,7-8,12H2,1-3H3. The molecule has 3 nitrogen and oxygen atoms in total. The lowest BCUT2D eigenvalue weighted by Crippen LogP contribution is -2.31. The number of hydrogen-bond donors (Lipinski definition) is 1. The predicted octanol–water partition coefficient (Wildman–Crippen LogP) is 1.85. The summed E-state index contributed by atoms with van der Waals surface area (Å²) in [6, 6.07) is 4.31. The lowest BCUT2D eigenvalue weighted by molar-refractivity contribution is 0.267. The largest absolute Gasteiger partial charge is 0.397 e. The van der Waals surface area contributed by atoms with Crippen LogP contribution in [-0.2, 0) is 6.54 Å². The van der Waals surface area contributed by atoms with Gasteiger partial charge in [-0.2, -0.15) is 11.8 Å². The van der Waals surface area contributed by atoms with Crippen molar-refractivity contribution in [2.45, 2.75) is 19.5 Å². The molecule has 0 aliphatic carbocycles. The quantitative estimate of drug-likeness (QED) is 0.830. The molecule has 0 radical (unpaired) electrons. The van der Waals surface area contributed by atoms with Crippen molar-refractivity contribution in [3.05, 3.63) is 24.0 Å². The zero-order valence-electron chi connectivity index (χ0n) is 9.60. The molecule has 4 heteroatoms. The molecule has 0 fully saturated rings. The molecule has 1 heterocycles. The van der Waals surface area contributed by atoms with Crippen molar-refractivity contribution < 1.29 is 0 Å². The summed E-state index contributed by atoms with van der Waals surface area (Å²) in [4.78, 5) is 6.56. The van der Waals surface area contributed by atoms with E-state index in [4.69, 9.17) is 5.73 Å². The van der Waals surface area contributed by atoms with Crippen molar-refractivity contribution in [2.24, 2.45) is 0 Å². The van der Waals surface area contributed by atoms with Gasteiger partial charge in [-0.05, 0) is 32.4 Å². The maximum atomic E-state index is 5.85. The van der Waals surface area contributed by atoms with Gasteiger partial charge >= 0.3 is 0 Å². The Labute approximate surface area is 96.1 Å². The summed E-state index contributed by atoms with van der Waals surface area (Å²) in [6.45, 7) is 3.03. The highest BCUT2D eigenvalue weighted by molar-refractivity contribution is 7.98. The molecule has 1 rings (SSSR count). The van der Waals surface area contributed by atoms with E-state index in [1.54, 1.807) is 6.20 Å². The Morgan fingerprint density at radius 3 is 2.93 bits per heavy atom. The molecule has 0 aliphatic rings. The first kappa shape index (κ1) is 12.3. The van der Waals surface area contributed by atoms with E-state index in [2.05, 4.69) is 30.1 Å². The number of rotatable bonds is 5. The van der Waals surface area contributed by atoms with Gasteiger partial charge in [0.2, 0.25) is 0 Å². The van der Waals surface area contributed by atoms with Crippen molar-refractivity contribution in [1.29, 1.82) is 0 Å². The van der Waals surface area contributed by atoms with Crippen molar-refractivity contribution in [3.63, 3.8) is 0 Å². The third-order valence-corrected chi connectivity index (χ3v) is 3.30. The van der Waals surface area contributed by atoms with Gasteiger partial charge in [0.1, 0.15) is 0 Å². The number of pyridine rings is 1. The summed E-state index contributed by atoms with van der Waals surface area (Å²) in [5.74, 6) is 1.13. The molecular formula is C11H19N3S. The third kappa shape index (κ3) is 3.72. The molecule has 0 amide bonds. The molecule has 1 aromatic rings. The fourth-order valence-corrected chi connectivity index (χ4v) is 2.08. The summed E-state index contributed by atoms with van der Waals surface area (Å²) in [5, 5.41) is 0. The van der Waals surface area contributed by atoms with Gasteiger partial charge in [-0.3, -0.25) is 9.88 Å². The van der Waals surface area contributed by atoms with Crippen LogP contribution in [0.2, 0.25) is 0 Å². The summed E-state index contributed by atoms with van der Waals surface area (Å²) < 4.78 is 0. The Balaban J connectivity index is 2.58. The number of aromatic nitrogens is 1. The van der Waals surface area contributed by atoms with Gasteiger partial charge in [0.25, 0.3) is 0 Å². The third-order valence-electron chi connectivity index (χ3n) is 2.48. The van der Waals surface area contributed by atoms with Crippen molar-refractivity contribution >= 4 is 17.4 Å². The van der Waals surface area contributed by atoms with Gasteiger partial charge in [0.15, 0.2) is 0 Å². The van der Waals surface area contributed by atoms with E-state index >= 15 is 0 Å². The van der Waals surface area contributed by atoms with E-state index in [1.165, 1.54) is 0 Å². The molecule has 84 valence electrons. The van der Waals surface area contributed by atoms with Crippen molar-refractivity contribution in [1.82, 2.24) is 9.88 Å². The van der Waals surface area contributed by atoms with E-state index in [1.807, 2.05) is 23.9 Å². The van der Waals surface area contributed by atoms with Crippen LogP contribution in [0.15, 0.2) is 18.3 Å². The molecule has 0 bridgehead atoms. The molecule has 2 N–H and O–H groups in total. The molecule has 1 aromatic heterocycles. The Morgan fingerprint density at radius 1 is 1.60 bits per heavy atom. The first-order valence-corrected chi connectivity index (χ1v) is 6.43. The summed E-state index contributed by atoms with van der Waals surface area (Å²) >= 11 is 1.86. The van der Waals surface area contributed by atoms with Crippen molar-refractivity contribution in [3.8, 4) is 0 Å². The van der Waals surface area contributed by atoms with Crippen LogP contribution in [0, 0.1) is 0 Å². The second-order valence-electron chi connectivity index (χ2n) is 3.76. The fourth-order valence-electron chi connectivity index (χ4n) is 1.34. The predicted molar refractivity (Wildman–Crippen MR) is 68.0 cm³/mol. The minimum absolute atomic E-state index is 0.543. The van der Waals surface area contributed by atoms with E-state index < -0.39 is 0 Å². The molecule has 1 unspecified atom stereocenters. The topological polar surface area (TPSA) is 42.2 Å². The number of nitrogens with zero attached hydrogens (tertiary/aromatic N) is 2. The second-order valence-corrected chi connectivity index (χ2v) is 4.67. The lowest BCUT2D eigenvalue weighted by atomic mass is 10.2. The maximum absolute atomic E-state index is 5.85. The summed E-state index contributed by atoms with van der Waals surface area (Å²) in [6.07, 6.45) is 3.91. The molecule has 0 aliphatic heterocycles. The zero-order valence-corrected chi connectivity index (χ0v) is 10.4. The minimum atomic E-state index is 0.543. The monoisotopic (exact) mass is 225 g/mol. The number of nitrogen functional groups attached to an aromatic ring is 1.